The quantitative estimate of drug-likeness (QED) is 0.554. The number of carbonyl (C=O) groups is 1. The lowest BCUT2D eigenvalue weighted by molar-refractivity contribution is -0.132. The van der Waals surface area contributed by atoms with Crippen molar-refractivity contribution in [2.24, 2.45) is 5.92 Å². The molecule has 1 N–H and O–H groups in total. The highest BCUT2D eigenvalue weighted by atomic mass is 16.4. The molecule has 2 heteroatoms. The van der Waals surface area contributed by atoms with E-state index in [1.165, 1.54) is 38.5 Å². The Morgan fingerprint density at radius 3 is 2.60 bits per heavy atom. The largest absolute Gasteiger partial charge is 0.478 e. The van der Waals surface area contributed by atoms with Crippen molar-refractivity contribution in [1.82, 2.24) is 0 Å². The minimum Gasteiger partial charge on any atom is -0.478 e. The molecule has 0 radical (unpaired) electrons. The molecular weight excluding hydrogens is 188 g/mol. The van der Waals surface area contributed by atoms with Crippen LogP contribution in [0.15, 0.2) is 11.6 Å². The van der Waals surface area contributed by atoms with Crippen molar-refractivity contribution in [3.63, 3.8) is 0 Å². The van der Waals surface area contributed by atoms with Crippen molar-refractivity contribution < 1.29 is 9.90 Å². The van der Waals surface area contributed by atoms with Crippen LogP contribution >= 0.6 is 0 Å². The maximum atomic E-state index is 10.5. The van der Waals surface area contributed by atoms with Gasteiger partial charge in [0.15, 0.2) is 0 Å². The molecule has 0 aromatic carbocycles. The molecule has 0 aromatic rings. The number of carboxylic acids is 1. The molecule has 0 spiro atoms. The van der Waals surface area contributed by atoms with Crippen molar-refractivity contribution >= 4 is 5.97 Å². The summed E-state index contributed by atoms with van der Waals surface area (Å²) in [5.41, 5.74) is 0.485. The minimum absolute atomic E-state index is 0.485. The van der Waals surface area contributed by atoms with Gasteiger partial charge in [0.1, 0.15) is 0 Å². The molecule has 0 saturated heterocycles. The topological polar surface area (TPSA) is 37.3 Å². The number of carboxylic acid groups (broad SMARTS) is 1. The van der Waals surface area contributed by atoms with Gasteiger partial charge in [0, 0.05) is 5.57 Å². The van der Waals surface area contributed by atoms with E-state index in [9.17, 15) is 4.79 Å². The molecule has 1 aliphatic carbocycles. The van der Waals surface area contributed by atoms with Gasteiger partial charge in [-0.1, -0.05) is 44.6 Å². The molecule has 1 rings (SSSR count). The molecule has 2 nitrogen and oxygen atoms in total. The normalized spacial score (nSPS) is 19.1. The third-order valence-electron chi connectivity index (χ3n) is 3.33. The van der Waals surface area contributed by atoms with Crippen LogP contribution in [0, 0.1) is 5.92 Å². The Morgan fingerprint density at radius 2 is 2.00 bits per heavy atom. The summed E-state index contributed by atoms with van der Waals surface area (Å²) in [4.78, 5) is 10.5. The summed E-state index contributed by atoms with van der Waals surface area (Å²) in [6.07, 6.45) is 12.2. The summed E-state index contributed by atoms with van der Waals surface area (Å²) in [6, 6.07) is 0. The minimum atomic E-state index is -0.785. The van der Waals surface area contributed by atoms with E-state index in [4.69, 9.17) is 5.11 Å². The van der Waals surface area contributed by atoms with Gasteiger partial charge in [-0.25, -0.2) is 4.79 Å². The fourth-order valence-corrected chi connectivity index (χ4v) is 2.29. The van der Waals surface area contributed by atoms with Crippen molar-refractivity contribution in [2.75, 3.05) is 0 Å². The molecule has 0 heterocycles. The van der Waals surface area contributed by atoms with Crippen LogP contribution in [0.25, 0.3) is 0 Å². The van der Waals surface area contributed by atoms with Crippen LogP contribution in [0.4, 0.5) is 0 Å². The van der Waals surface area contributed by atoms with Gasteiger partial charge < -0.3 is 5.11 Å². The highest BCUT2D eigenvalue weighted by molar-refractivity contribution is 5.85. The van der Waals surface area contributed by atoms with E-state index in [-0.39, 0.29) is 0 Å². The molecule has 0 bridgehead atoms. The van der Waals surface area contributed by atoms with Gasteiger partial charge in [0.25, 0.3) is 0 Å². The van der Waals surface area contributed by atoms with E-state index in [0.717, 1.165) is 18.8 Å². The Morgan fingerprint density at radius 1 is 1.33 bits per heavy atom. The second-order valence-corrected chi connectivity index (χ2v) is 4.63. The van der Waals surface area contributed by atoms with Gasteiger partial charge in [0.05, 0.1) is 0 Å². The van der Waals surface area contributed by atoms with Crippen LogP contribution in [0.3, 0.4) is 0 Å². The summed E-state index contributed by atoms with van der Waals surface area (Å²) >= 11 is 0. The standard InChI is InChI=1S/C13H22O2/c1-11(13(14)15)7-5-6-10-12-8-3-2-4-9-12/h7,12H,2-6,8-10H2,1H3,(H,14,15)/b11-7+. The maximum absolute atomic E-state index is 10.5. The van der Waals surface area contributed by atoms with E-state index < -0.39 is 5.97 Å². The number of hydrogen-bond acceptors (Lipinski definition) is 1. The number of hydrogen-bond donors (Lipinski definition) is 1. The molecule has 0 atom stereocenters. The van der Waals surface area contributed by atoms with Crippen molar-refractivity contribution in [2.45, 2.75) is 58.3 Å². The summed E-state index contributed by atoms with van der Waals surface area (Å²) in [7, 11) is 0. The Bertz CT molecular complexity index is 225. The van der Waals surface area contributed by atoms with E-state index in [0.29, 0.717) is 5.57 Å². The van der Waals surface area contributed by atoms with E-state index in [1.54, 1.807) is 6.92 Å². The Balaban J connectivity index is 2.10. The predicted octanol–water partition coefficient (Wildman–Crippen LogP) is 3.77. The zero-order valence-electron chi connectivity index (χ0n) is 9.67. The number of allylic oxidation sites excluding steroid dienone is 1. The number of rotatable bonds is 5. The van der Waals surface area contributed by atoms with Crippen LogP contribution in [-0.4, -0.2) is 11.1 Å². The average Bonchev–Trinajstić information content (AvgIpc) is 2.25. The van der Waals surface area contributed by atoms with Gasteiger partial charge >= 0.3 is 5.97 Å². The maximum Gasteiger partial charge on any atom is 0.330 e. The summed E-state index contributed by atoms with van der Waals surface area (Å²) in [6.45, 7) is 1.67. The van der Waals surface area contributed by atoms with E-state index in [2.05, 4.69) is 0 Å². The fourth-order valence-electron chi connectivity index (χ4n) is 2.29. The predicted molar refractivity (Wildman–Crippen MR) is 61.8 cm³/mol. The highest BCUT2D eigenvalue weighted by Gasteiger charge is 2.12. The molecule has 0 aliphatic heterocycles. The smallest absolute Gasteiger partial charge is 0.330 e. The lowest BCUT2D eigenvalue weighted by Crippen LogP contribution is -2.05. The van der Waals surface area contributed by atoms with Crippen LogP contribution in [0.1, 0.15) is 58.3 Å². The third kappa shape index (κ3) is 5.01. The first-order valence-electron chi connectivity index (χ1n) is 6.10. The van der Waals surface area contributed by atoms with E-state index in [1.807, 2.05) is 6.08 Å². The number of aliphatic carboxylic acids is 1. The molecule has 0 aromatic heterocycles. The Hall–Kier alpha value is -0.790. The van der Waals surface area contributed by atoms with Crippen LogP contribution in [-0.2, 0) is 4.79 Å². The second kappa shape index (κ2) is 6.65. The molecule has 1 aliphatic rings. The van der Waals surface area contributed by atoms with Gasteiger partial charge in [-0.3, -0.25) is 0 Å². The molecule has 86 valence electrons. The lowest BCUT2D eigenvalue weighted by atomic mass is 9.86. The van der Waals surface area contributed by atoms with Crippen LogP contribution in [0.2, 0.25) is 0 Å². The van der Waals surface area contributed by atoms with Gasteiger partial charge in [-0.2, -0.15) is 0 Å². The van der Waals surface area contributed by atoms with Gasteiger partial charge in [-0.05, 0) is 25.7 Å². The molecule has 1 saturated carbocycles. The van der Waals surface area contributed by atoms with Crippen LogP contribution < -0.4 is 0 Å². The zero-order valence-corrected chi connectivity index (χ0v) is 9.67. The molecule has 0 unspecified atom stereocenters. The van der Waals surface area contributed by atoms with Gasteiger partial charge in [0.2, 0.25) is 0 Å². The van der Waals surface area contributed by atoms with Crippen molar-refractivity contribution in [1.29, 1.82) is 0 Å². The third-order valence-corrected chi connectivity index (χ3v) is 3.33. The SMILES string of the molecule is C/C(=C\CCCC1CCCCC1)C(=O)O. The number of unbranched alkanes of at least 4 members (excludes halogenated alkanes) is 1. The fraction of sp³-hybridized carbons (Fsp3) is 0.769. The van der Waals surface area contributed by atoms with Crippen molar-refractivity contribution in [3.05, 3.63) is 11.6 Å². The molecular formula is C13H22O2. The Labute approximate surface area is 92.4 Å². The second-order valence-electron chi connectivity index (χ2n) is 4.63. The van der Waals surface area contributed by atoms with Crippen LogP contribution in [0.5, 0.6) is 0 Å². The first-order valence-corrected chi connectivity index (χ1v) is 6.10. The zero-order chi connectivity index (χ0) is 11.1. The first-order chi connectivity index (χ1) is 7.20. The molecule has 0 amide bonds. The first kappa shape index (κ1) is 12.3. The molecule has 1 fully saturated rings. The highest BCUT2D eigenvalue weighted by Crippen LogP contribution is 2.27. The Kier molecular flexibility index (Phi) is 5.44. The van der Waals surface area contributed by atoms with Crippen molar-refractivity contribution in [3.8, 4) is 0 Å². The van der Waals surface area contributed by atoms with Gasteiger partial charge in [-0.15, -0.1) is 0 Å². The monoisotopic (exact) mass is 210 g/mol. The summed E-state index contributed by atoms with van der Waals surface area (Å²) in [5.74, 6) is 0.130. The molecule has 15 heavy (non-hydrogen) atoms. The average molecular weight is 210 g/mol. The summed E-state index contributed by atoms with van der Waals surface area (Å²) < 4.78 is 0. The lowest BCUT2D eigenvalue weighted by Gasteiger charge is -2.20. The van der Waals surface area contributed by atoms with E-state index >= 15 is 0 Å². The summed E-state index contributed by atoms with van der Waals surface area (Å²) in [5, 5.41) is 8.66.